The van der Waals surface area contributed by atoms with Crippen molar-refractivity contribution in [3.05, 3.63) is 24.3 Å². The number of nitrogens with zero attached hydrogens (tertiary/aromatic N) is 2. The van der Waals surface area contributed by atoms with Gasteiger partial charge in [-0.25, -0.2) is 0 Å². The zero-order valence-corrected chi connectivity index (χ0v) is 19.2. The highest BCUT2D eigenvalue weighted by Gasteiger charge is 2.55. The fourth-order valence-electron chi connectivity index (χ4n) is 5.13. The molecule has 0 aromatic rings. The summed E-state index contributed by atoms with van der Waals surface area (Å²) < 4.78 is 5.56. The van der Waals surface area contributed by atoms with Crippen LogP contribution in [0.3, 0.4) is 0 Å². The molecule has 1 atom stereocenters. The van der Waals surface area contributed by atoms with Crippen molar-refractivity contribution in [1.82, 2.24) is 10.2 Å². The minimum atomic E-state index is -0.575. The lowest BCUT2D eigenvalue weighted by atomic mass is 9.70. The van der Waals surface area contributed by atoms with Gasteiger partial charge in [-0.15, -0.1) is 0 Å². The van der Waals surface area contributed by atoms with Gasteiger partial charge in [0.05, 0.1) is 11.8 Å². The summed E-state index contributed by atoms with van der Waals surface area (Å²) in [5.41, 5.74) is -0.323. The van der Waals surface area contributed by atoms with Crippen molar-refractivity contribution in [3.63, 3.8) is 0 Å². The molecule has 3 rings (SSSR count). The van der Waals surface area contributed by atoms with Gasteiger partial charge >= 0.3 is 0 Å². The highest BCUT2D eigenvalue weighted by Crippen LogP contribution is 2.59. The Labute approximate surface area is 185 Å². The van der Waals surface area contributed by atoms with Crippen LogP contribution in [-0.2, 0) is 14.3 Å². The lowest BCUT2D eigenvalue weighted by Crippen LogP contribution is -2.45. The van der Waals surface area contributed by atoms with Gasteiger partial charge in [0.1, 0.15) is 5.76 Å². The normalized spacial score (nSPS) is 29.3. The third-order valence-electron chi connectivity index (χ3n) is 7.18. The summed E-state index contributed by atoms with van der Waals surface area (Å²) in [6.07, 6.45) is 6.58. The van der Waals surface area contributed by atoms with Crippen LogP contribution in [0.25, 0.3) is 0 Å². The Morgan fingerprint density at radius 3 is 2.48 bits per heavy atom. The minimum absolute atomic E-state index is 0.0636. The first-order valence-electron chi connectivity index (χ1n) is 11.4. The summed E-state index contributed by atoms with van der Waals surface area (Å²) in [4.78, 5) is 30.6. The van der Waals surface area contributed by atoms with Gasteiger partial charge in [-0.1, -0.05) is 20.4 Å². The monoisotopic (exact) mass is 431 g/mol. The van der Waals surface area contributed by atoms with Gasteiger partial charge in [0.15, 0.2) is 5.76 Å². The van der Waals surface area contributed by atoms with Crippen LogP contribution in [0.2, 0.25) is 0 Å². The molecule has 0 aromatic carbocycles. The quantitative estimate of drug-likeness (QED) is 0.334. The van der Waals surface area contributed by atoms with Crippen LogP contribution < -0.4 is 5.32 Å². The van der Waals surface area contributed by atoms with Crippen molar-refractivity contribution in [3.8, 4) is 0 Å². The zero-order chi connectivity index (χ0) is 22.8. The van der Waals surface area contributed by atoms with Gasteiger partial charge in [-0.2, -0.15) is 0 Å². The lowest BCUT2D eigenvalue weighted by molar-refractivity contribution is -0.137. The Bertz CT molecular complexity index is 755. The van der Waals surface area contributed by atoms with Gasteiger partial charge in [-0.05, 0) is 63.0 Å². The number of allylic oxidation sites excluding steroid dienone is 1. The first kappa shape index (κ1) is 23.5. The number of likely N-dealkylation sites (tertiary alicyclic amines) is 1. The predicted octanol–water partition coefficient (Wildman–Crippen LogP) is 3.01. The van der Waals surface area contributed by atoms with Crippen LogP contribution in [-0.4, -0.2) is 53.8 Å². The van der Waals surface area contributed by atoms with E-state index in [1.807, 2.05) is 25.7 Å². The van der Waals surface area contributed by atoms with Crippen molar-refractivity contribution in [2.45, 2.75) is 64.9 Å². The first-order chi connectivity index (χ1) is 14.5. The van der Waals surface area contributed by atoms with Gasteiger partial charge in [-0.3, -0.25) is 14.6 Å². The number of hydrogen-bond donors (Lipinski definition) is 2. The van der Waals surface area contributed by atoms with E-state index < -0.39 is 5.60 Å². The smallest absolute Gasteiger partial charge is 0.286 e. The SMILES string of the molecule is C=NC=C(OC(=C)C(=O)NCC1CC12CCN(C(=O)CC1CC(C)(O)C1)CC2)C(C)C. The number of carbonyl (C=O) groups excluding carboxylic acids is 2. The van der Waals surface area contributed by atoms with Gasteiger partial charge in [0.2, 0.25) is 5.91 Å². The van der Waals surface area contributed by atoms with Crippen LogP contribution in [0.4, 0.5) is 0 Å². The molecule has 2 saturated carbocycles. The van der Waals surface area contributed by atoms with E-state index in [1.165, 1.54) is 6.20 Å². The number of hydrogen-bond acceptors (Lipinski definition) is 5. The molecule has 1 saturated heterocycles. The van der Waals surface area contributed by atoms with E-state index in [9.17, 15) is 14.7 Å². The van der Waals surface area contributed by atoms with Crippen LogP contribution in [0.5, 0.6) is 0 Å². The van der Waals surface area contributed by atoms with E-state index in [1.54, 1.807) is 0 Å². The third-order valence-corrected chi connectivity index (χ3v) is 7.18. The first-order valence-corrected chi connectivity index (χ1v) is 11.4. The Kier molecular flexibility index (Phi) is 6.94. The second-order valence-corrected chi connectivity index (χ2v) is 10.2. The number of piperidine rings is 1. The molecular formula is C24H37N3O4. The summed E-state index contributed by atoms with van der Waals surface area (Å²) in [6, 6.07) is 0. The zero-order valence-electron chi connectivity index (χ0n) is 19.2. The maximum absolute atomic E-state index is 12.5. The summed E-state index contributed by atoms with van der Waals surface area (Å²) in [5, 5.41) is 12.8. The number of aliphatic imine (C=N–C) groups is 1. The summed E-state index contributed by atoms with van der Waals surface area (Å²) in [6.45, 7) is 15.1. The van der Waals surface area contributed by atoms with Crippen molar-refractivity contribution in [2.24, 2.45) is 28.2 Å². The van der Waals surface area contributed by atoms with Crippen LogP contribution >= 0.6 is 0 Å². The van der Waals surface area contributed by atoms with Gasteiger partial charge in [0, 0.05) is 32.0 Å². The largest absolute Gasteiger partial charge is 0.455 e. The molecule has 2 N–H and O–H groups in total. The number of ether oxygens (including phenoxy) is 1. The van der Waals surface area contributed by atoms with Crippen LogP contribution in [0.1, 0.15) is 59.3 Å². The molecule has 172 valence electrons. The standard InChI is InChI=1S/C24H37N3O4/c1-16(2)20(15-25-5)31-17(3)22(29)26-14-19-13-24(19)6-8-27(9-7-24)21(28)10-18-11-23(4,30)12-18/h15-16,18-19,30H,3,5-14H2,1-2,4H3,(H,26,29). The Morgan fingerprint density at radius 1 is 1.29 bits per heavy atom. The molecule has 31 heavy (non-hydrogen) atoms. The molecule has 0 radical (unpaired) electrons. The van der Waals surface area contributed by atoms with E-state index in [2.05, 4.69) is 23.6 Å². The molecule has 0 bridgehead atoms. The Balaban J connectivity index is 1.37. The van der Waals surface area contributed by atoms with Gasteiger partial charge < -0.3 is 20.1 Å². The van der Waals surface area contributed by atoms with Crippen LogP contribution in [0, 0.1) is 23.2 Å². The molecule has 1 spiro atoms. The second kappa shape index (κ2) is 9.15. The summed E-state index contributed by atoms with van der Waals surface area (Å²) in [7, 11) is 0. The maximum Gasteiger partial charge on any atom is 0.286 e. The third kappa shape index (κ3) is 5.76. The average Bonchev–Trinajstić information content (AvgIpc) is 3.36. The molecule has 1 aliphatic heterocycles. The maximum atomic E-state index is 12.5. The number of amides is 2. The predicted molar refractivity (Wildman–Crippen MR) is 120 cm³/mol. The molecule has 1 unspecified atom stereocenters. The average molecular weight is 432 g/mol. The number of rotatable bonds is 9. The fourth-order valence-corrected chi connectivity index (χ4v) is 5.13. The molecule has 7 nitrogen and oxygen atoms in total. The molecule has 7 heteroatoms. The number of aliphatic hydroxyl groups is 1. The Morgan fingerprint density at radius 2 is 1.94 bits per heavy atom. The van der Waals surface area contributed by atoms with Crippen molar-refractivity contribution >= 4 is 18.5 Å². The van der Waals surface area contributed by atoms with E-state index in [-0.39, 0.29) is 28.9 Å². The molecule has 0 aromatic heterocycles. The molecule has 1 heterocycles. The van der Waals surface area contributed by atoms with E-state index in [0.29, 0.717) is 30.6 Å². The fraction of sp³-hybridized carbons (Fsp3) is 0.708. The summed E-state index contributed by atoms with van der Waals surface area (Å²) in [5.74, 6) is 1.38. The highest BCUT2D eigenvalue weighted by molar-refractivity contribution is 5.91. The second-order valence-electron chi connectivity index (χ2n) is 10.2. The molecule has 3 aliphatic rings. The van der Waals surface area contributed by atoms with E-state index in [0.717, 1.165) is 45.2 Å². The number of carbonyl (C=O) groups is 2. The molecular weight excluding hydrogens is 394 g/mol. The molecule has 2 amide bonds. The molecule has 2 aliphatic carbocycles. The van der Waals surface area contributed by atoms with Crippen molar-refractivity contribution in [2.75, 3.05) is 19.6 Å². The van der Waals surface area contributed by atoms with Crippen molar-refractivity contribution in [1.29, 1.82) is 0 Å². The molecule has 3 fully saturated rings. The van der Waals surface area contributed by atoms with Crippen molar-refractivity contribution < 1.29 is 19.4 Å². The van der Waals surface area contributed by atoms with Gasteiger partial charge in [0.25, 0.3) is 5.91 Å². The van der Waals surface area contributed by atoms with Crippen LogP contribution in [0.15, 0.2) is 29.3 Å². The summed E-state index contributed by atoms with van der Waals surface area (Å²) >= 11 is 0. The van der Waals surface area contributed by atoms with E-state index >= 15 is 0 Å². The topological polar surface area (TPSA) is 91.2 Å². The lowest BCUT2D eigenvalue weighted by Gasteiger charge is -2.42. The number of nitrogens with one attached hydrogen (secondary N) is 1. The highest BCUT2D eigenvalue weighted by atomic mass is 16.5. The van der Waals surface area contributed by atoms with E-state index in [4.69, 9.17) is 4.74 Å². The Hall–Kier alpha value is -2.15. The minimum Gasteiger partial charge on any atom is -0.455 e.